The van der Waals surface area contributed by atoms with Crippen LogP contribution in [0.1, 0.15) is 18.9 Å². The summed E-state index contributed by atoms with van der Waals surface area (Å²) in [7, 11) is 0. The minimum atomic E-state index is -0.220. The third-order valence-electron chi connectivity index (χ3n) is 3.37. The Labute approximate surface area is 139 Å². The van der Waals surface area contributed by atoms with Crippen LogP contribution in [0.25, 0.3) is 0 Å². The van der Waals surface area contributed by atoms with E-state index in [9.17, 15) is 4.79 Å². The Morgan fingerprint density at radius 1 is 1.48 bits per heavy atom. The summed E-state index contributed by atoms with van der Waals surface area (Å²) in [4.78, 5) is 13.7. The molecule has 8 heteroatoms. The normalized spacial score (nSPS) is 19.4. The van der Waals surface area contributed by atoms with Gasteiger partial charge >= 0.3 is 5.97 Å². The van der Waals surface area contributed by atoms with Crippen molar-refractivity contribution < 1.29 is 9.53 Å². The van der Waals surface area contributed by atoms with Gasteiger partial charge in [0.2, 0.25) is 0 Å². The van der Waals surface area contributed by atoms with Crippen molar-refractivity contribution in [2.75, 3.05) is 18.2 Å². The van der Waals surface area contributed by atoms with Gasteiger partial charge in [-0.3, -0.25) is 14.7 Å². The maximum absolute atomic E-state index is 11.7. The molecule has 2 aliphatic heterocycles. The fourth-order valence-electron chi connectivity index (χ4n) is 2.36. The van der Waals surface area contributed by atoms with Gasteiger partial charge in [0.1, 0.15) is 0 Å². The first kappa shape index (κ1) is 16.6. The maximum Gasteiger partial charge on any atom is 0.320 e. The maximum atomic E-state index is 11.7. The molecule has 1 unspecified atom stereocenters. The summed E-state index contributed by atoms with van der Waals surface area (Å²) >= 11 is 12.3. The van der Waals surface area contributed by atoms with Crippen molar-refractivity contribution in [3.8, 4) is 0 Å². The van der Waals surface area contributed by atoms with Crippen LogP contribution in [-0.2, 0) is 16.1 Å². The quantitative estimate of drug-likeness (QED) is 0.667. The molecule has 2 heterocycles. The average molecular weight is 353 g/mol. The molecule has 0 radical (unpaired) electrons. The van der Waals surface area contributed by atoms with Gasteiger partial charge in [0.25, 0.3) is 0 Å². The Hall–Kier alpha value is -0.720. The van der Waals surface area contributed by atoms with Crippen molar-refractivity contribution in [3.63, 3.8) is 0 Å². The van der Waals surface area contributed by atoms with Gasteiger partial charge in [-0.25, -0.2) is 0 Å². The van der Waals surface area contributed by atoms with Crippen LogP contribution in [0.2, 0.25) is 10.0 Å². The SMILES string of the molecule is CCCOC(=O)CN1Cc2c(ccc(Cl)c2Cl)N2NC12.Cl. The predicted molar refractivity (Wildman–Crippen MR) is 84.8 cm³/mol. The summed E-state index contributed by atoms with van der Waals surface area (Å²) < 4.78 is 5.12. The summed E-state index contributed by atoms with van der Waals surface area (Å²) in [6, 6.07) is 3.72. The third-order valence-corrected chi connectivity index (χ3v) is 4.21. The number of carbonyl (C=O) groups is 1. The molecule has 2 aliphatic rings. The van der Waals surface area contributed by atoms with Crippen LogP contribution in [-0.4, -0.2) is 30.3 Å². The fraction of sp³-hybridized carbons (Fsp3) is 0.462. The summed E-state index contributed by atoms with van der Waals surface area (Å²) in [6.45, 7) is 3.23. The standard InChI is InChI=1S/C13H15Cl2N3O2.ClH/c1-2-5-20-11(19)7-17-6-8-10(18-13(17)16-18)4-3-9(14)12(8)15;/h3-4,13,16H,2,5-7H2,1H3;1H. The second kappa shape index (κ2) is 6.58. The zero-order valence-corrected chi connectivity index (χ0v) is 13.8. The number of ether oxygens (including phenoxy) is 1. The minimum Gasteiger partial charge on any atom is -0.465 e. The first-order valence-corrected chi connectivity index (χ1v) is 7.29. The minimum absolute atomic E-state index is 0. The van der Waals surface area contributed by atoms with Gasteiger partial charge < -0.3 is 4.74 Å². The van der Waals surface area contributed by atoms with Crippen molar-refractivity contribution in [2.45, 2.75) is 26.2 Å². The van der Waals surface area contributed by atoms with E-state index in [0.717, 1.165) is 17.7 Å². The number of nitrogens with zero attached hydrogens (tertiary/aromatic N) is 2. The van der Waals surface area contributed by atoms with E-state index < -0.39 is 0 Å². The van der Waals surface area contributed by atoms with Crippen molar-refractivity contribution in [3.05, 3.63) is 27.7 Å². The van der Waals surface area contributed by atoms with E-state index in [1.807, 2.05) is 22.9 Å². The molecular weight excluding hydrogens is 337 g/mol. The van der Waals surface area contributed by atoms with E-state index in [0.29, 0.717) is 23.2 Å². The van der Waals surface area contributed by atoms with Gasteiger partial charge in [0, 0.05) is 12.1 Å². The highest BCUT2D eigenvalue weighted by Crippen LogP contribution is 2.41. The van der Waals surface area contributed by atoms with E-state index in [-0.39, 0.29) is 31.2 Å². The van der Waals surface area contributed by atoms with Gasteiger partial charge in [-0.05, 0) is 18.6 Å². The van der Waals surface area contributed by atoms with Gasteiger partial charge in [0.15, 0.2) is 6.29 Å². The van der Waals surface area contributed by atoms with Crippen LogP contribution in [0.3, 0.4) is 0 Å². The number of hydrogen-bond donors (Lipinski definition) is 1. The van der Waals surface area contributed by atoms with E-state index in [4.69, 9.17) is 27.9 Å². The number of esters is 1. The molecule has 1 aromatic rings. The highest BCUT2D eigenvalue weighted by molar-refractivity contribution is 6.42. The summed E-state index contributed by atoms with van der Waals surface area (Å²) in [5.41, 5.74) is 5.15. The molecule has 21 heavy (non-hydrogen) atoms. The first-order chi connectivity index (χ1) is 9.61. The van der Waals surface area contributed by atoms with Crippen LogP contribution in [0.5, 0.6) is 0 Å². The van der Waals surface area contributed by atoms with Crippen molar-refractivity contribution in [1.82, 2.24) is 10.3 Å². The third kappa shape index (κ3) is 3.22. The van der Waals surface area contributed by atoms with Gasteiger partial charge in [-0.2, -0.15) is 5.43 Å². The molecule has 0 aromatic heterocycles. The predicted octanol–water partition coefficient (Wildman–Crippen LogP) is 2.79. The number of hydrogen-bond acceptors (Lipinski definition) is 5. The number of anilines is 1. The van der Waals surface area contributed by atoms with Crippen molar-refractivity contribution in [1.29, 1.82) is 0 Å². The van der Waals surface area contributed by atoms with Crippen LogP contribution in [0.15, 0.2) is 12.1 Å². The molecule has 116 valence electrons. The molecule has 1 fully saturated rings. The number of halogens is 3. The summed E-state index contributed by atoms with van der Waals surface area (Å²) in [6.07, 6.45) is 0.859. The Morgan fingerprint density at radius 3 is 2.95 bits per heavy atom. The van der Waals surface area contributed by atoms with Crippen molar-refractivity contribution in [2.24, 2.45) is 0 Å². The van der Waals surface area contributed by atoms with E-state index in [2.05, 4.69) is 5.43 Å². The Bertz CT molecular complexity index is 556. The van der Waals surface area contributed by atoms with Crippen LogP contribution < -0.4 is 10.4 Å². The van der Waals surface area contributed by atoms with E-state index in [1.165, 1.54) is 0 Å². The number of rotatable bonds is 4. The molecule has 5 nitrogen and oxygen atoms in total. The molecule has 1 atom stereocenters. The zero-order valence-electron chi connectivity index (χ0n) is 11.4. The summed E-state index contributed by atoms with van der Waals surface area (Å²) in [5, 5.41) is 3.04. The topological polar surface area (TPSA) is 54.5 Å². The Balaban J connectivity index is 0.00000161. The van der Waals surface area contributed by atoms with E-state index >= 15 is 0 Å². The lowest BCUT2D eigenvalue weighted by atomic mass is 10.1. The molecule has 0 saturated carbocycles. The van der Waals surface area contributed by atoms with Gasteiger partial charge in [-0.15, -0.1) is 12.4 Å². The average Bonchev–Trinajstić information content (AvgIpc) is 3.22. The summed E-state index contributed by atoms with van der Waals surface area (Å²) in [5.74, 6) is -0.220. The lowest BCUT2D eigenvalue weighted by Gasteiger charge is -2.27. The van der Waals surface area contributed by atoms with Gasteiger partial charge in [-0.1, -0.05) is 30.1 Å². The number of fused-ring (bicyclic) bond motifs is 3. The highest BCUT2D eigenvalue weighted by atomic mass is 35.5. The fourth-order valence-corrected chi connectivity index (χ4v) is 2.75. The first-order valence-electron chi connectivity index (χ1n) is 6.53. The largest absolute Gasteiger partial charge is 0.465 e. The number of carbonyl (C=O) groups excluding carboxylic acids is 1. The number of nitrogens with one attached hydrogen (secondary N) is 1. The lowest BCUT2D eigenvalue weighted by molar-refractivity contribution is -0.145. The molecule has 0 amide bonds. The van der Waals surface area contributed by atoms with Crippen LogP contribution >= 0.6 is 35.6 Å². The second-order valence-corrected chi connectivity index (χ2v) is 5.64. The van der Waals surface area contributed by atoms with Gasteiger partial charge in [0.05, 0.1) is 28.9 Å². The number of hydrazine groups is 1. The van der Waals surface area contributed by atoms with Crippen molar-refractivity contribution >= 4 is 47.3 Å². The Kier molecular flexibility index (Phi) is 5.22. The molecule has 0 spiro atoms. The van der Waals surface area contributed by atoms with E-state index in [1.54, 1.807) is 6.07 Å². The van der Waals surface area contributed by atoms with Crippen LogP contribution in [0, 0.1) is 0 Å². The molecule has 1 N–H and O–H groups in total. The molecule has 0 aliphatic carbocycles. The monoisotopic (exact) mass is 351 g/mol. The molecule has 3 rings (SSSR count). The molecule has 0 bridgehead atoms. The highest BCUT2D eigenvalue weighted by Gasteiger charge is 2.45. The molecule has 1 aromatic carbocycles. The smallest absolute Gasteiger partial charge is 0.320 e. The molecular formula is C13H16Cl3N3O2. The van der Waals surface area contributed by atoms with Crippen LogP contribution in [0.4, 0.5) is 5.69 Å². The second-order valence-electron chi connectivity index (χ2n) is 4.86. The number of benzene rings is 1. The zero-order chi connectivity index (χ0) is 14.3. The Morgan fingerprint density at radius 2 is 2.24 bits per heavy atom. The lowest BCUT2D eigenvalue weighted by Crippen LogP contribution is -2.38. The molecule has 1 saturated heterocycles.